The second kappa shape index (κ2) is 3.41. The van der Waals surface area contributed by atoms with Gasteiger partial charge in [0.2, 0.25) is 11.7 Å². The van der Waals surface area contributed by atoms with E-state index in [1.807, 2.05) is 13.8 Å². The van der Waals surface area contributed by atoms with Crippen LogP contribution in [0.3, 0.4) is 0 Å². The zero-order valence-electron chi connectivity index (χ0n) is 7.30. The van der Waals surface area contributed by atoms with E-state index in [0.717, 1.165) is 0 Å². The maximum atomic E-state index is 5.50. The van der Waals surface area contributed by atoms with Gasteiger partial charge in [-0.3, -0.25) is 0 Å². The number of ether oxygens (including phenoxy) is 1. The Morgan fingerprint density at radius 3 is 2.67 bits per heavy atom. The summed E-state index contributed by atoms with van der Waals surface area (Å²) in [5.74, 6) is 1.16. The van der Waals surface area contributed by atoms with Crippen LogP contribution in [0.25, 0.3) is 0 Å². The predicted molar refractivity (Wildman–Crippen MR) is 43.9 cm³/mol. The van der Waals surface area contributed by atoms with Gasteiger partial charge in [0, 0.05) is 7.11 Å². The van der Waals surface area contributed by atoms with E-state index in [-0.39, 0.29) is 5.88 Å². The molecule has 68 valence electrons. The molecule has 0 radical (unpaired) electrons. The zero-order valence-corrected chi connectivity index (χ0v) is 8.05. The van der Waals surface area contributed by atoms with E-state index >= 15 is 0 Å². The first-order valence-corrected chi connectivity index (χ1v) is 4.08. The van der Waals surface area contributed by atoms with Crippen LogP contribution in [-0.2, 0) is 16.2 Å². The summed E-state index contributed by atoms with van der Waals surface area (Å²) in [7, 11) is 1.59. The highest BCUT2D eigenvalue weighted by molar-refractivity contribution is 6.16. The van der Waals surface area contributed by atoms with Crippen LogP contribution in [0.4, 0.5) is 0 Å². The van der Waals surface area contributed by atoms with Crippen molar-refractivity contribution in [1.29, 1.82) is 0 Å². The summed E-state index contributed by atoms with van der Waals surface area (Å²) in [6, 6.07) is 0. The first-order valence-electron chi connectivity index (χ1n) is 3.54. The minimum absolute atomic E-state index is 0.229. The number of nitrogens with zero attached hydrogens (tertiary/aromatic N) is 2. The van der Waals surface area contributed by atoms with Crippen molar-refractivity contribution in [3.63, 3.8) is 0 Å². The van der Waals surface area contributed by atoms with Gasteiger partial charge in [0.25, 0.3) is 0 Å². The molecule has 0 saturated carbocycles. The van der Waals surface area contributed by atoms with Gasteiger partial charge in [-0.1, -0.05) is 5.16 Å². The average Bonchev–Trinajstić information content (AvgIpc) is 2.52. The van der Waals surface area contributed by atoms with Crippen molar-refractivity contribution >= 4 is 11.6 Å². The lowest BCUT2D eigenvalue weighted by Gasteiger charge is -2.17. The van der Waals surface area contributed by atoms with Crippen molar-refractivity contribution in [2.45, 2.75) is 25.3 Å². The van der Waals surface area contributed by atoms with Crippen LogP contribution in [0.2, 0.25) is 0 Å². The zero-order chi connectivity index (χ0) is 9.19. The predicted octanol–water partition coefficient (Wildman–Crippen LogP) is 1.69. The molecular formula is C7H11ClN2O2. The number of halogens is 1. The van der Waals surface area contributed by atoms with E-state index in [0.29, 0.717) is 11.7 Å². The van der Waals surface area contributed by atoms with Crippen molar-refractivity contribution in [2.75, 3.05) is 7.11 Å². The second-order valence-electron chi connectivity index (χ2n) is 2.86. The fourth-order valence-corrected chi connectivity index (χ4v) is 0.754. The van der Waals surface area contributed by atoms with Crippen LogP contribution >= 0.6 is 11.6 Å². The van der Waals surface area contributed by atoms with Gasteiger partial charge in [-0.25, -0.2) is 0 Å². The van der Waals surface area contributed by atoms with Crippen LogP contribution in [0, 0.1) is 0 Å². The minimum atomic E-state index is -0.520. The molecule has 0 saturated heterocycles. The SMILES string of the molecule is COC(C)(C)c1noc(CCl)n1. The molecule has 1 aromatic heterocycles. The topological polar surface area (TPSA) is 48.2 Å². The third-order valence-electron chi connectivity index (χ3n) is 1.63. The largest absolute Gasteiger partial charge is 0.371 e. The molecule has 1 heterocycles. The number of rotatable bonds is 3. The molecule has 0 amide bonds. The maximum Gasteiger partial charge on any atom is 0.241 e. The second-order valence-corrected chi connectivity index (χ2v) is 3.13. The number of hydrogen-bond donors (Lipinski definition) is 0. The van der Waals surface area contributed by atoms with Crippen LogP contribution in [0.5, 0.6) is 0 Å². The molecule has 12 heavy (non-hydrogen) atoms. The molecule has 0 bridgehead atoms. The summed E-state index contributed by atoms with van der Waals surface area (Å²) >= 11 is 5.50. The van der Waals surface area contributed by atoms with Crippen molar-refractivity contribution in [1.82, 2.24) is 10.1 Å². The molecular weight excluding hydrogens is 180 g/mol. The van der Waals surface area contributed by atoms with Gasteiger partial charge in [-0.15, -0.1) is 11.6 Å². The van der Waals surface area contributed by atoms with Crippen molar-refractivity contribution < 1.29 is 9.26 Å². The monoisotopic (exact) mass is 190 g/mol. The highest BCUT2D eigenvalue weighted by Crippen LogP contribution is 2.20. The van der Waals surface area contributed by atoms with Gasteiger partial charge in [-0.2, -0.15) is 4.98 Å². The Balaban J connectivity index is 2.88. The highest BCUT2D eigenvalue weighted by atomic mass is 35.5. The van der Waals surface area contributed by atoms with Gasteiger partial charge in [-0.05, 0) is 13.8 Å². The lowest BCUT2D eigenvalue weighted by atomic mass is 10.1. The van der Waals surface area contributed by atoms with Gasteiger partial charge in [0.15, 0.2) is 0 Å². The molecule has 0 atom stereocenters. The first-order chi connectivity index (χ1) is 5.60. The van der Waals surface area contributed by atoms with Crippen LogP contribution in [-0.4, -0.2) is 17.3 Å². The number of hydrogen-bond acceptors (Lipinski definition) is 4. The van der Waals surface area contributed by atoms with Gasteiger partial charge < -0.3 is 9.26 Å². The molecule has 0 N–H and O–H groups in total. The van der Waals surface area contributed by atoms with E-state index in [4.69, 9.17) is 20.9 Å². The summed E-state index contributed by atoms with van der Waals surface area (Å²) in [5.41, 5.74) is -0.520. The van der Waals surface area contributed by atoms with Gasteiger partial charge in [0.1, 0.15) is 11.5 Å². The summed E-state index contributed by atoms with van der Waals surface area (Å²) in [4.78, 5) is 4.04. The molecule has 5 heteroatoms. The third-order valence-corrected chi connectivity index (χ3v) is 1.86. The Labute approximate surface area is 75.9 Å². The summed E-state index contributed by atoms with van der Waals surface area (Å²) < 4.78 is 9.98. The molecule has 0 fully saturated rings. The third kappa shape index (κ3) is 1.76. The quantitative estimate of drug-likeness (QED) is 0.681. The summed E-state index contributed by atoms with van der Waals surface area (Å²) in [5, 5.41) is 3.73. The Kier molecular flexibility index (Phi) is 2.69. The number of methoxy groups -OCH3 is 1. The van der Waals surface area contributed by atoms with Crippen LogP contribution in [0.15, 0.2) is 4.52 Å². The van der Waals surface area contributed by atoms with E-state index in [1.165, 1.54) is 0 Å². The Morgan fingerprint density at radius 2 is 2.25 bits per heavy atom. The van der Waals surface area contributed by atoms with Crippen LogP contribution in [0.1, 0.15) is 25.6 Å². The van der Waals surface area contributed by atoms with Crippen molar-refractivity contribution in [3.8, 4) is 0 Å². The smallest absolute Gasteiger partial charge is 0.241 e. The lowest BCUT2D eigenvalue weighted by Crippen LogP contribution is -2.21. The van der Waals surface area contributed by atoms with E-state index in [1.54, 1.807) is 7.11 Å². The first kappa shape index (κ1) is 9.48. The Bertz CT molecular complexity index is 260. The summed E-state index contributed by atoms with van der Waals surface area (Å²) in [6.45, 7) is 3.71. The Morgan fingerprint density at radius 1 is 1.58 bits per heavy atom. The number of alkyl halides is 1. The van der Waals surface area contributed by atoms with Crippen molar-refractivity contribution in [2.24, 2.45) is 0 Å². The fourth-order valence-electron chi connectivity index (χ4n) is 0.645. The Hall–Kier alpha value is -0.610. The van der Waals surface area contributed by atoms with Crippen molar-refractivity contribution in [3.05, 3.63) is 11.7 Å². The van der Waals surface area contributed by atoms with Gasteiger partial charge >= 0.3 is 0 Å². The molecule has 0 unspecified atom stereocenters. The van der Waals surface area contributed by atoms with E-state index in [2.05, 4.69) is 10.1 Å². The fraction of sp³-hybridized carbons (Fsp3) is 0.714. The molecule has 0 aliphatic heterocycles. The molecule has 0 aliphatic carbocycles. The van der Waals surface area contributed by atoms with E-state index < -0.39 is 5.60 Å². The lowest BCUT2D eigenvalue weighted by molar-refractivity contribution is 0.00973. The minimum Gasteiger partial charge on any atom is -0.371 e. The normalized spacial score (nSPS) is 12.0. The molecule has 0 aliphatic rings. The molecule has 4 nitrogen and oxygen atoms in total. The van der Waals surface area contributed by atoms with E-state index in [9.17, 15) is 0 Å². The molecule has 1 rings (SSSR count). The standard InChI is InChI=1S/C7H11ClN2O2/c1-7(2,11-3)6-9-5(4-8)12-10-6/h4H2,1-3H3. The average molecular weight is 191 g/mol. The maximum absolute atomic E-state index is 5.50. The van der Waals surface area contributed by atoms with Crippen LogP contribution < -0.4 is 0 Å². The molecule has 0 aromatic carbocycles. The van der Waals surface area contributed by atoms with Gasteiger partial charge in [0.05, 0.1) is 0 Å². The summed E-state index contributed by atoms with van der Waals surface area (Å²) in [6.07, 6.45) is 0. The molecule has 0 spiro atoms. The highest BCUT2D eigenvalue weighted by Gasteiger charge is 2.25. The number of aromatic nitrogens is 2. The molecule has 1 aromatic rings.